The molecular formula is C10H15NO10. The van der Waals surface area contributed by atoms with Crippen molar-refractivity contribution in [2.45, 2.75) is 30.6 Å². The van der Waals surface area contributed by atoms with Crippen LogP contribution in [-0.4, -0.2) is 87.2 Å². The van der Waals surface area contributed by atoms with E-state index in [1.54, 1.807) is 0 Å². The quantitative estimate of drug-likeness (QED) is 0.283. The summed E-state index contributed by atoms with van der Waals surface area (Å²) in [6.45, 7) is -1.38. The van der Waals surface area contributed by atoms with Crippen LogP contribution in [0.25, 0.3) is 0 Å². The van der Waals surface area contributed by atoms with E-state index in [2.05, 4.69) is 9.47 Å². The Balaban J connectivity index is 2.56. The lowest BCUT2D eigenvalue weighted by atomic mass is 9.97. The van der Waals surface area contributed by atoms with E-state index in [4.69, 9.17) is 10.2 Å². The largest absolute Gasteiger partial charge is 0.480 e. The Morgan fingerprint density at radius 1 is 1.05 bits per heavy atom. The summed E-state index contributed by atoms with van der Waals surface area (Å²) in [5.41, 5.74) is 0. The van der Waals surface area contributed by atoms with Gasteiger partial charge in [-0.15, -0.1) is 0 Å². The van der Waals surface area contributed by atoms with Gasteiger partial charge >= 0.3 is 11.9 Å². The van der Waals surface area contributed by atoms with Crippen LogP contribution in [0.1, 0.15) is 0 Å². The predicted molar refractivity (Wildman–Crippen MR) is 60.9 cm³/mol. The van der Waals surface area contributed by atoms with Gasteiger partial charge in [0.25, 0.3) is 0 Å². The standard InChI is InChI=1S/C10H15NO10/c12-3(1-20-2-4(13)14)11-5-6(15)7(16)8(9(17)18)21-10(5)19/h5-8,10,15-16,19H,1-2H2,(H,11,12)(H,13,14)(H,17,18)/t5-,6-,7-,8+,10-/m1/s1. The zero-order chi connectivity index (χ0) is 16.2. The van der Waals surface area contributed by atoms with Crippen LogP contribution in [0.15, 0.2) is 0 Å². The molecule has 1 rings (SSSR count). The third kappa shape index (κ3) is 4.61. The molecule has 1 saturated heterocycles. The molecular weight excluding hydrogens is 294 g/mol. The molecule has 1 aliphatic heterocycles. The van der Waals surface area contributed by atoms with Gasteiger partial charge in [0.05, 0.1) is 0 Å². The maximum atomic E-state index is 11.4. The average molecular weight is 309 g/mol. The number of carbonyl (C=O) groups is 3. The van der Waals surface area contributed by atoms with Crippen LogP contribution >= 0.6 is 0 Å². The molecule has 11 heteroatoms. The molecule has 1 aliphatic rings. The molecule has 21 heavy (non-hydrogen) atoms. The maximum Gasteiger partial charge on any atom is 0.335 e. The maximum absolute atomic E-state index is 11.4. The molecule has 0 saturated carbocycles. The number of aliphatic hydroxyl groups excluding tert-OH is 3. The fourth-order valence-corrected chi connectivity index (χ4v) is 1.70. The van der Waals surface area contributed by atoms with Crippen molar-refractivity contribution in [2.75, 3.05) is 13.2 Å². The summed E-state index contributed by atoms with van der Waals surface area (Å²) >= 11 is 0. The second-order valence-electron chi connectivity index (χ2n) is 4.25. The van der Waals surface area contributed by atoms with E-state index in [-0.39, 0.29) is 0 Å². The van der Waals surface area contributed by atoms with Crippen LogP contribution in [0.3, 0.4) is 0 Å². The van der Waals surface area contributed by atoms with Crippen LogP contribution in [-0.2, 0) is 23.9 Å². The summed E-state index contributed by atoms with van der Waals surface area (Å²) in [7, 11) is 0. The number of carboxylic acids is 2. The molecule has 5 atom stereocenters. The van der Waals surface area contributed by atoms with Gasteiger partial charge in [-0.3, -0.25) is 4.79 Å². The summed E-state index contributed by atoms with van der Waals surface area (Å²) in [4.78, 5) is 32.3. The van der Waals surface area contributed by atoms with Crippen molar-refractivity contribution in [3.8, 4) is 0 Å². The van der Waals surface area contributed by atoms with Gasteiger partial charge in [0.1, 0.15) is 31.5 Å². The molecule has 0 aromatic carbocycles. The molecule has 1 amide bonds. The first-order chi connectivity index (χ1) is 9.73. The van der Waals surface area contributed by atoms with Gasteiger partial charge in [-0.1, -0.05) is 0 Å². The number of ether oxygens (including phenoxy) is 2. The number of carboxylic acid groups (broad SMARTS) is 2. The number of aliphatic carboxylic acids is 2. The third-order valence-corrected chi connectivity index (χ3v) is 2.65. The predicted octanol–water partition coefficient (Wildman–Crippen LogP) is -3.90. The number of amides is 1. The number of hydrogen-bond donors (Lipinski definition) is 6. The SMILES string of the molecule is O=C(O)COCC(=O)N[C@@H]1[C@@H](O)[C@@H](O)[C@@H](C(=O)O)O[C@H]1O. The Morgan fingerprint density at radius 3 is 2.19 bits per heavy atom. The minimum absolute atomic E-state index is 0.666. The van der Waals surface area contributed by atoms with Crippen molar-refractivity contribution in [1.82, 2.24) is 5.32 Å². The highest BCUT2D eigenvalue weighted by Crippen LogP contribution is 2.20. The average Bonchev–Trinajstić information content (AvgIpc) is 2.38. The molecule has 0 spiro atoms. The zero-order valence-electron chi connectivity index (χ0n) is 10.6. The van der Waals surface area contributed by atoms with Crippen molar-refractivity contribution in [2.24, 2.45) is 0 Å². The van der Waals surface area contributed by atoms with E-state index in [1.807, 2.05) is 5.32 Å². The second-order valence-corrected chi connectivity index (χ2v) is 4.25. The lowest BCUT2D eigenvalue weighted by Gasteiger charge is -2.39. The smallest absolute Gasteiger partial charge is 0.335 e. The Hall–Kier alpha value is -1.79. The highest BCUT2D eigenvalue weighted by atomic mass is 16.6. The molecule has 0 bridgehead atoms. The highest BCUT2D eigenvalue weighted by molar-refractivity contribution is 5.78. The van der Waals surface area contributed by atoms with Crippen molar-refractivity contribution in [3.05, 3.63) is 0 Å². The van der Waals surface area contributed by atoms with Gasteiger partial charge in [0, 0.05) is 0 Å². The molecule has 0 radical (unpaired) electrons. The highest BCUT2D eigenvalue weighted by Gasteiger charge is 2.47. The minimum Gasteiger partial charge on any atom is -0.480 e. The fraction of sp³-hybridized carbons (Fsp3) is 0.700. The van der Waals surface area contributed by atoms with E-state index >= 15 is 0 Å². The molecule has 0 aliphatic carbocycles. The lowest BCUT2D eigenvalue weighted by Crippen LogP contribution is -2.65. The molecule has 6 N–H and O–H groups in total. The molecule has 0 unspecified atom stereocenters. The normalized spacial score (nSPS) is 32.4. The Morgan fingerprint density at radius 2 is 1.67 bits per heavy atom. The van der Waals surface area contributed by atoms with Crippen LogP contribution < -0.4 is 5.32 Å². The number of carbonyl (C=O) groups excluding carboxylic acids is 1. The van der Waals surface area contributed by atoms with E-state index in [0.29, 0.717) is 0 Å². The Kier molecular flexibility index (Phi) is 5.99. The molecule has 1 heterocycles. The third-order valence-electron chi connectivity index (χ3n) is 2.65. The second kappa shape index (κ2) is 7.28. The van der Waals surface area contributed by atoms with Crippen molar-refractivity contribution < 1.29 is 49.4 Å². The van der Waals surface area contributed by atoms with E-state index < -0.39 is 61.7 Å². The number of nitrogens with one attached hydrogen (secondary N) is 1. The van der Waals surface area contributed by atoms with Gasteiger partial charge in [-0.2, -0.15) is 0 Å². The van der Waals surface area contributed by atoms with Gasteiger partial charge < -0.3 is 40.3 Å². The van der Waals surface area contributed by atoms with Crippen LogP contribution in [0.5, 0.6) is 0 Å². The number of rotatable bonds is 6. The Labute approximate surface area is 117 Å². The van der Waals surface area contributed by atoms with E-state index in [9.17, 15) is 29.7 Å². The minimum atomic E-state index is -1.87. The van der Waals surface area contributed by atoms with Crippen molar-refractivity contribution in [1.29, 1.82) is 0 Å². The summed E-state index contributed by atoms with van der Waals surface area (Å²) in [6, 6.07) is -1.49. The first-order valence-electron chi connectivity index (χ1n) is 5.75. The first kappa shape index (κ1) is 17.3. The lowest BCUT2D eigenvalue weighted by molar-refractivity contribution is -0.249. The van der Waals surface area contributed by atoms with Gasteiger partial charge in [-0.05, 0) is 0 Å². The van der Waals surface area contributed by atoms with Gasteiger partial charge in [0.2, 0.25) is 5.91 Å². The molecule has 1 fully saturated rings. The fourth-order valence-electron chi connectivity index (χ4n) is 1.70. The van der Waals surface area contributed by atoms with Gasteiger partial charge in [-0.25, -0.2) is 9.59 Å². The summed E-state index contributed by atoms with van der Waals surface area (Å²) in [6.07, 6.45) is -7.37. The monoisotopic (exact) mass is 309 g/mol. The van der Waals surface area contributed by atoms with Gasteiger partial charge in [0.15, 0.2) is 12.4 Å². The topological polar surface area (TPSA) is 183 Å². The summed E-state index contributed by atoms with van der Waals surface area (Å²) in [5.74, 6) is -3.76. The zero-order valence-corrected chi connectivity index (χ0v) is 10.6. The molecule has 11 nitrogen and oxygen atoms in total. The van der Waals surface area contributed by atoms with Crippen LogP contribution in [0.4, 0.5) is 0 Å². The van der Waals surface area contributed by atoms with Crippen molar-refractivity contribution in [3.63, 3.8) is 0 Å². The number of aliphatic hydroxyl groups is 3. The van der Waals surface area contributed by atoms with Crippen molar-refractivity contribution >= 4 is 17.8 Å². The first-order valence-corrected chi connectivity index (χ1v) is 5.75. The molecule has 0 aromatic heterocycles. The molecule has 120 valence electrons. The van der Waals surface area contributed by atoms with Crippen LogP contribution in [0.2, 0.25) is 0 Å². The Bertz CT molecular complexity index is 413. The molecule has 0 aromatic rings. The summed E-state index contributed by atoms with van der Waals surface area (Å²) < 4.78 is 9.07. The number of hydrogen-bond acceptors (Lipinski definition) is 8. The van der Waals surface area contributed by atoms with E-state index in [0.717, 1.165) is 0 Å². The van der Waals surface area contributed by atoms with E-state index in [1.165, 1.54) is 0 Å². The summed E-state index contributed by atoms with van der Waals surface area (Å²) in [5, 5.41) is 47.8. The van der Waals surface area contributed by atoms with Crippen LogP contribution in [0, 0.1) is 0 Å².